The highest BCUT2D eigenvalue weighted by Gasteiger charge is 2.29. The molecule has 0 bridgehead atoms. The van der Waals surface area contributed by atoms with Crippen molar-refractivity contribution in [3.8, 4) is 5.75 Å². The smallest absolute Gasteiger partial charge is 0.246 e. The quantitative estimate of drug-likeness (QED) is 0.727. The lowest BCUT2D eigenvalue weighted by Gasteiger charge is -2.27. The van der Waals surface area contributed by atoms with Crippen molar-refractivity contribution in [3.63, 3.8) is 0 Å². The van der Waals surface area contributed by atoms with E-state index in [0.29, 0.717) is 38.4 Å². The minimum Gasteiger partial charge on any atom is -0.495 e. The normalized spacial score (nSPS) is 18.8. The summed E-state index contributed by atoms with van der Waals surface area (Å²) in [7, 11) is -2.25. The fourth-order valence-electron chi connectivity index (χ4n) is 3.34. The van der Waals surface area contributed by atoms with Gasteiger partial charge in [-0.3, -0.25) is 4.79 Å². The van der Waals surface area contributed by atoms with Crippen LogP contribution in [0.25, 0.3) is 0 Å². The standard InChI is InChI=1S/C18H27N3O5S.ClH/c1-25-16-4-3-15(14-18(22)20-7-2-5-19-6-8-20)13-17(16)27(23,24)21-9-11-26-12-10-21;/h3-4,13,19H,2,5-12,14H2,1H3;1H. The van der Waals surface area contributed by atoms with Gasteiger partial charge in [0.05, 0.1) is 26.7 Å². The number of methoxy groups -OCH3 is 1. The monoisotopic (exact) mass is 433 g/mol. The van der Waals surface area contributed by atoms with Gasteiger partial charge in [0.25, 0.3) is 0 Å². The number of hydrogen-bond acceptors (Lipinski definition) is 6. The number of sulfonamides is 1. The third kappa shape index (κ3) is 5.36. The molecular formula is C18H28ClN3O5S. The molecule has 8 nitrogen and oxygen atoms in total. The van der Waals surface area contributed by atoms with Crippen molar-refractivity contribution >= 4 is 28.3 Å². The fourth-order valence-corrected chi connectivity index (χ4v) is 4.95. The van der Waals surface area contributed by atoms with Crippen LogP contribution < -0.4 is 10.1 Å². The van der Waals surface area contributed by atoms with E-state index in [1.54, 1.807) is 18.2 Å². The molecule has 2 heterocycles. The summed E-state index contributed by atoms with van der Waals surface area (Å²) >= 11 is 0. The number of amides is 1. The molecule has 0 aromatic heterocycles. The third-order valence-electron chi connectivity index (χ3n) is 4.86. The summed E-state index contributed by atoms with van der Waals surface area (Å²) in [5.41, 5.74) is 0.671. The maximum absolute atomic E-state index is 13.0. The Labute approximate surface area is 172 Å². The van der Waals surface area contributed by atoms with E-state index in [2.05, 4.69) is 5.32 Å². The number of rotatable bonds is 5. The molecule has 2 aliphatic rings. The predicted octanol–water partition coefficient (Wildman–Crippen LogP) is 0.502. The molecular weight excluding hydrogens is 406 g/mol. The number of morpholine rings is 1. The minimum absolute atomic E-state index is 0. The highest BCUT2D eigenvalue weighted by atomic mass is 35.5. The zero-order valence-electron chi connectivity index (χ0n) is 16.1. The van der Waals surface area contributed by atoms with Crippen molar-refractivity contribution in [2.24, 2.45) is 0 Å². The van der Waals surface area contributed by atoms with E-state index in [1.807, 2.05) is 4.90 Å². The largest absolute Gasteiger partial charge is 0.495 e. The van der Waals surface area contributed by atoms with Crippen LogP contribution in [0, 0.1) is 0 Å². The Hall–Kier alpha value is -1.39. The summed E-state index contributed by atoms with van der Waals surface area (Å²) in [6.07, 6.45) is 1.10. The Balaban J connectivity index is 0.00000280. The second-order valence-corrected chi connectivity index (χ2v) is 8.57. The molecule has 3 rings (SSSR count). The number of nitrogens with one attached hydrogen (secondary N) is 1. The lowest BCUT2D eigenvalue weighted by Crippen LogP contribution is -2.40. The Morgan fingerprint density at radius 1 is 1.18 bits per heavy atom. The summed E-state index contributed by atoms with van der Waals surface area (Å²) in [5.74, 6) is 0.301. The van der Waals surface area contributed by atoms with Crippen molar-refractivity contribution in [3.05, 3.63) is 23.8 Å². The first-order chi connectivity index (χ1) is 13.0. The number of ether oxygens (including phenoxy) is 2. The summed E-state index contributed by atoms with van der Waals surface area (Å²) in [4.78, 5) is 14.6. The van der Waals surface area contributed by atoms with Crippen molar-refractivity contribution in [1.29, 1.82) is 0 Å². The molecule has 1 aromatic carbocycles. The van der Waals surface area contributed by atoms with Crippen molar-refractivity contribution in [2.45, 2.75) is 17.7 Å². The first-order valence-corrected chi connectivity index (χ1v) is 10.7. The molecule has 158 valence electrons. The Morgan fingerprint density at radius 2 is 1.93 bits per heavy atom. The molecule has 0 aliphatic carbocycles. The molecule has 0 spiro atoms. The number of carbonyl (C=O) groups is 1. The van der Waals surface area contributed by atoms with Gasteiger partial charge < -0.3 is 19.7 Å². The van der Waals surface area contributed by atoms with Gasteiger partial charge in [-0.2, -0.15) is 4.31 Å². The van der Waals surface area contributed by atoms with Gasteiger partial charge in [0.2, 0.25) is 15.9 Å². The number of benzene rings is 1. The molecule has 0 saturated carbocycles. The van der Waals surface area contributed by atoms with Gasteiger partial charge in [-0.05, 0) is 30.7 Å². The Morgan fingerprint density at radius 3 is 2.64 bits per heavy atom. The first-order valence-electron chi connectivity index (χ1n) is 9.25. The Bertz CT molecular complexity index is 760. The molecule has 2 fully saturated rings. The lowest BCUT2D eigenvalue weighted by atomic mass is 10.1. The van der Waals surface area contributed by atoms with Crippen LogP contribution in [-0.4, -0.2) is 83.1 Å². The molecule has 2 aliphatic heterocycles. The van der Waals surface area contributed by atoms with E-state index < -0.39 is 10.0 Å². The first kappa shape index (κ1) is 22.9. The number of carbonyl (C=O) groups excluding carboxylic acids is 1. The fraction of sp³-hybridized carbons (Fsp3) is 0.611. The number of nitrogens with zero attached hydrogens (tertiary/aromatic N) is 2. The van der Waals surface area contributed by atoms with E-state index in [9.17, 15) is 13.2 Å². The molecule has 0 unspecified atom stereocenters. The zero-order chi connectivity index (χ0) is 19.3. The van der Waals surface area contributed by atoms with Crippen molar-refractivity contribution in [2.75, 3.05) is 59.6 Å². The molecule has 0 atom stereocenters. The van der Waals surface area contributed by atoms with Gasteiger partial charge in [-0.15, -0.1) is 12.4 Å². The predicted molar refractivity (Wildman–Crippen MR) is 108 cm³/mol. The average molecular weight is 434 g/mol. The molecule has 10 heteroatoms. The van der Waals surface area contributed by atoms with Crippen LogP contribution in [0.15, 0.2) is 23.1 Å². The number of hydrogen-bond donors (Lipinski definition) is 1. The molecule has 1 N–H and O–H groups in total. The zero-order valence-corrected chi connectivity index (χ0v) is 17.7. The summed E-state index contributed by atoms with van der Waals surface area (Å²) in [6.45, 7) is 4.48. The highest BCUT2D eigenvalue weighted by molar-refractivity contribution is 7.89. The van der Waals surface area contributed by atoms with Gasteiger partial charge in [0.1, 0.15) is 10.6 Å². The lowest BCUT2D eigenvalue weighted by molar-refractivity contribution is -0.130. The van der Waals surface area contributed by atoms with E-state index in [-0.39, 0.29) is 35.4 Å². The highest BCUT2D eigenvalue weighted by Crippen LogP contribution is 2.28. The second kappa shape index (κ2) is 10.4. The summed E-state index contributed by atoms with van der Waals surface area (Å²) in [5, 5.41) is 3.27. The van der Waals surface area contributed by atoms with Crippen LogP contribution in [0.1, 0.15) is 12.0 Å². The maximum Gasteiger partial charge on any atom is 0.246 e. The van der Waals surface area contributed by atoms with E-state index in [0.717, 1.165) is 26.1 Å². The summed E-state index contributed by atoms with van der Waals surface area (Å²) < 4.78 is 38.0. The van der Waals surface area contributed by atoms with Crippen LogP contribution in [0.5, 0.6) is 5.75 Å². The summed E-state index contributed by atoms with van der Waals surface area (Å²) in [6, 6.07) is 4.95. The van der Waals surface area contributed by atoms with Crippen LogP contribution in [-0.2, 0) is 26.0 Å². The Kier molecular flexibility index (Phi) is 8.51. The molecule has 1 aromatic rings. The topological polar surface area (TPSA) is 88.2 Å². The van der Waals surface area contributed by atoms with Gasteiger partial charge in [0.15, 0.2) is 0 Å². The van der Waals surface area contributed by atoms with Crippen LogP contribution >= 0.6 is 12.4 Å². The van der Waals surface area contributed by atoms with Gasteiger partial charge in [0, 0.05) is 32.7 Å². The molecule has 28 heavy (non-hydrogen) atoms. The van der Waals surface area contributed by atoms with Gasteiger partial charge in [-0.25, -0.2) is 8.42 Å². The van der Waals surface area contributed by atoms with E-state index >= 15 is 0 Å². The molecule has 0 radical (unpaired) electrons. The van der Waals surface area contributed by atoms with Crippen LogP contribution in [0.3, 0.4) is 0 Å². The third-order valence-corrected chi connectivity index (χ3v) is 6.78. The van der Waals surface area contributed by atoms with Crippen LogP contribution in [0.2, 0.25) is 0 Å². The SMILES string of the molecule is COc1ccc(CC(=O)N2CCCNCC2)cc1S(=O)(=O)N1CCOCC1.Cl. The van der Waals surface area contributed by atoms with Crippen molar-refractivity contribution in [1.82, 2.24) is 14.5 Å². The second-order valence-electron chi connectivity index (χ2n) is 6.66. The number of halogens is 1. The van der Waals surface area contributed by atoms with Gasteiger partial charge in [-0.1, -0.05) is 6.07 Å². The minimum atomic E-state index is -3.70. The van der Waals surface area contributed by atoms with E-state index in [1.165, 1.54) is 11.4 Å². The van der Waals surface area contributed by atoms with E-state index in [4.69, 9.17) is 9.47 Å². The maximum atomic E-state index is 13.0. The molecule has 2 saturated heterocycles. The molecule has 1 amide bonds. The average Bonchev–Trinajstić information content (AvgIpc) is 2.98. The van der Waals surface area contributed by atoms with Crippen LogP contribution in [0.4, 0.5) is 0 Å². The van der Waals surface area contributed by atoms with Crippen molar-refractivity contribution < 1.29 is 22.7 Å². The van der Waals surface area contributed by atoms with Gasteiger partial charge >= 0.3 is 0 Å².